The largest absolute Gasteiger partial charge is 0.309 e. The molecule has 1 heterocycles. The highest BCUT2D eigenvalue weighted by atomic mass is 15.3. The molecule has 0 amide bonds. The molecule has 2 rings (SSSR count). The summed E-state index contributed by atoms with van der Waals surface area (Å²) >= 11 is 0. The van der Waals surface area contributed by atoms with Gasteiger partial charge in [0.05, 0.1) is 17.4 Å². The first kappa shape index (κ1) is 12.8. The Morgan fingerprint density at radius 2 is 1.89 bits per heavy atom. The summed E-state index contributed by atoms with van der Waals surface area (Å²) in [5.74, 6) is 0.532. The quantitative estimate of drug-likeness (QED) is 0.874. The molecule has 0 spiro atoms. The highest BCUT2D eigenvalue weighted by Gasteiger charge is 2.19. The number of nitrogens with zero attached hydrogens (tertiary/aromatic N) is 2. The molecule has 2 aromatic rings. The van der Waals surface area contributed by atoms with E-state index in [2.05, 4.69) is 49.4 Å². The minimum Gasteiger partial charge on any atom is -0.309 e. The van der Waals surface area contributed by atoms with Crippen molar-refractivity contribution in [3.63, 3.8) is 0 Å². The lowest BCUT2D eigenvalue weighted by Gasteiger charge is -2.23. The van der Waals surface area contributed by atoms with Gasteiger partial charge in [-0.15, -0.1) is 0 Å². The molecule has 1 aromatic heterocycles. The molecule has 0 saturated heterocycles. The number of para-hydroxylation sites is 1. The van der Waals surface area contributed by atoms with Gasteiger partial charge in [0.1, 0.15) is 0 Å². The molecular weight excluding hydrogens is 222 g/mol. The van der Waals surface area contributed by atoms with Gasteiger partial charge in [0.2, 0.25) is 0 Å². The fourth-order valence-electron chi connectivity index (χ4n) is 2.24. The second-order valence-corrected chi connectivity index (χ2v) is 4.78. The lowest BCUT2D eigenvalue weighted by Crippen LogP contribution is -2.27. The van der Waals surface area contributed by atoms with Crippen molar-refractivity contribution in [2.75, 3.05) is 6.54 Å². The molecule has 0 radical (unpaired) electrons. The number of hydrogen-bond donors (Lipinski definition) is 1. The molecule has 96 valence electrons. The van der Waals surface area contributed by atoms with Crippen LogP contribution in [0.15, 0.2) is 42.6 Å². The first-order valence-electron chi connectivity index (χ1n) is 6.56. The van der Waals surface area contributed by atoms with Crippen molar-refractivity contribution in [1.82, 2.24) is 15.1 Å². The Morgan fingerprint density at radius 3 is 2.50 bits per heavy atom. The minimum absolute atomic E-state index is 0.331. The van der Waals surface area contributed by atoms with Gasteiger partial charge >= 0.3 is 0 Å². The highest BCUT2D eigenvalue weighted by molar-refractivity contribution is 5.33. The van der Waals surface area contributed by atoms with Crippen LogP contribution in [-0.2, 0) is 0 Å². The molecule has 1 atom stereocenters. The fourth-order valence-corrected chi connectivity index (χ4v) is 2.24. The average molecular weight is 243 g/mol. The Labute approximate surface area is 109 Å². The fraction of sp³-hybridized carbons (Fsp3) is 0.400. The second-order valence-electron chi connectivity index (χ2n) is 4.78. The number of aromatic nitrogens is 2. The zero-order chi connectivity index (χ0) is 13.0. The van der Waals surface area contributed by atoms with Crippen LogP contribution in [0.2, 0.25) is 0 Å². The smallest absolute Gasteiger partial charge is 0.0649 e. The van der Waals surface area contributed by atoms with Crippen molar-refractivity contribution in [3.05, 3.63) is 48.3 Å². The summed E-state index contributed by atoms with van der Waals surface area (Å²) in [4.78, 5) is 0. The van der Waals surface area contributed by atoms with Crippen LogP contribution < -0.4 is 5.32 Å². The predicted molar refractivity (Wildman–Crippen MR) is 74.8 cm³/mol. The standard InChI is InChI=1S/C15H21N3/c1-4-16-15(12(2)3)14-10-11-17-18(14)13-8-6-5-7-9-13/h5-12,15-16H,4H2,1-3H3. The summed E-state index contributed by atoms with van der Waals surface area (Å²) in [6.45, 7) is 7.56. The highest BCUT2D eigenvalue weighted by Crippen LogP contribution is 2.23. The molecule has 0 fully saturated rings. The zero-order valence-corrected chi connectivity index (χ0v) is 11.3. The molecule has 0 aliphatic heterocycles. The summed E-state index contributed by atoms with van der Waals surface area (Å²) in [5.41, 5.74) is 2.33. The number of benzene rings is 1. The Kier molecular flexibility index (Phi) is 4.15. The third-order valence-electron chi connectivity index (χ3n) is 3.08. The van der Waals surface area contributed by atoms with Crippen LogP contribution in [0.1, 0.15) is 32.5 Å². The maximum atomic E-state index is 4.45. The van der Waals surface area contributed by atoms with Gasteiger partial charge in [-0.05, 0) is 30.7 Å². The Balaban J connectivity index is 2.37. The molecule has 3 heteroatoms. The van der Waals surface area contributed by atoms with Crippen LogP contribution in [-0.4, -0.2) is 16.3 Å². The molecule has 1 aromatic carbocycles. The Bertz CT molecular complexity index is 473. The van der Waals surface area contributed by atoms with Gasteiger partial charge in [-0.2, -0.15) is 5.10 Å². The van der Waals surface area contributed by atoms with E-state index in [1.165, 1.54) is 5.69 Å². The van der Waals surface area contributed by atoms with Crippen LogP contribution in [0.3, 0.4) is 0 Å². The van der Waals surface area contributed by atoms with Crippen molar-refractivity contribution in [2.45, 2.75) is 26.8 Å². The molecule has 1 N–H and O–H groups in total. The van der Waals surface area contributed by atoms with E-state index in [0.717, 1.165) is 12.2 Å². The number of rotatable bonds is 5. The van der Waals surface area contributed by atoms with Gasteiger partial charge in [-0.1, -0.05) is 39.0 Å². The van der Waals surface area contributed by atoms with Crippen molar-refractivity contribution in [1.29, 1.82) is 0 Å². The SMILES string of the molecule is CCNC(c1ccnn1-c1ccccc1)C(C)C. The van der Waals surface area contributed by atoms with Crippen molar-refractivity contribution in [3.8, 4) is 5.69 Å². The Morgan fingerprint density at radius 1 is 1.17 bits per heavy atom. The van der Waals surface area contributed by atoms with Gasteiger partial charge in [0.15, 0.2) is 0 Å². The topological polar surface area (TPSA) is 29.9 Å². The lowest BCUT2D eigenvalue weighted by molar-refractivity contribution is 0.405. The molecule has 18 heavy (non-hydrogen) atoms. The van der Waals surface area contributed by atoms with E-state index in [1.807, 2.05) is 29.1 Å². The first-order chi connectivity index (χ1) is 8.74. The third-order valence-corrected chi connectivity index (χ3v) is 3.08. The number of hydrogen-bond acceptors (Lipinski definition) is 2. The van der Waals surface area contributed by atoms with Gasteiger partial charge in [0, 0.05) is 6.20 Å². The Hall–Kier alpha value is -1.61. The van der Waals surface area contributed by atoms with Crippen LogP contribution in [0.4, 0.5) is 0 Å². The molecule has 0 aliphatic rings. The summed E-state index contributed by atoms with van der Waals surface area (Å²) in [5, 5.41) is 7.98. The van der Waals surface area contributed by atoms with E-state index in [0.29, 0.717) is 12.0 Å². The third kappa shape index (κ3) is 2.62. The summed E-state index contributed by atoms with van der Waals surface area (Å²) in [6, 6.07) is 12.7. The van der Waals surface area contributed by atoms with Gasteiger partial charge < -0.3 is 5.32 Å². The van der Waals surface area contributed by atoms with Crippen molar-refractivity contribution >= 4 is 0 Å². The summed E-state index contributed by atoms with van der Waals surface area (Å²) in [6.07, 6.45) is 1.87. The normalized spacial score (nSPS) is 12.9. The van der Waals surface area contributed by atoms with E-state index in [-0.39, 0.29) is 0 Å². The molecule has 1 unspecified atom stereocenters. The summed E-state index contributed by atoms with van der Waals surface area (Å²) in [7, 11) is 0. The predicted octanol–water partition coefficient (Wildman–Crippen LogP) is 3.18. The molecule has 0 saturated carbocycles. The van der Waals surface area contributed by atoms with Crippen molar-refractivity contribution in [2.24, 2.45) is 5.92 Å². The van der Waals surface area contributed by atoms with Crippen LogP contribution in [0, 0.1) is 5.92 Å². The monoisotopic (exact) mass is 243 g/mol. The van der Waals surface area contributed by atoms with E-state index in [1.54, 1.807) is 0 Å². The van der Waals surface area contributed by atoms with Crippen LogP contribution >= 0.6 is 0 Å². The first-order valence-corrected chi connectivity index (χ1v) is 6.56. The maximum Gasteiger partial charge on any atom is 0.0649 e. The molecule has 0 aliphatic carbocycles. The van der Waals surface area contributed by atoms with Crippen LogP contribution in [0.5, 0.6) is 0 Å². The van der Waals surface area contributed by atoms with Gasteiger partial charge in [0.25, 0.3) is 0 Å². The van der Waals surface area contributed by atoms with Gasteiger partial charge in [-0.25, -0.2) is 4.68 Å². The number of nitrogens with one attached hydrogen (secondary N) is 1. The zero-order valence-electron chi connectivity index (χ0n) is 11.3. The molecular formula is C15H21N3. The van der Waals surface area contributed by atoms with E-state index >= 15 is 0 Å². The van der Waals surface area contributed by atoms with E-state index in [9.17, 15) is 0 Å². The van der Waals surface area contributed by atoms with E-state index in [4.69, 9.17) is 0 Å². The van der Waals surface area contributed by atoms with Gasteiger partial charge in [-0.3, -0.25) is 0 Å². The van der Waals surface area contributed by atoms with Crippen molar-refractivity contribution < 1.29 is 0 Å². The second kappa shape index (κ2) is 5.83. The maximum absolute atomic E-state index is 4.45. The average Bonchev–Trinajstić information content (AvgIpc) is 2.85. The minimum atomic E-state index is 0.331. The van der Waals surface area contributed by atoms with Crippen LogP contribution in [0.25, 0.3) is 5.69 Å². The van der Waals surface area contributed by atoms with E-state index < -0.39 is 0 Å². The molecule has 3 nitrogen and oxygen atoms in total. The summed E-state index contributed by atoms with van der Waals surface area (Å²) < 4.78 is 2.02. The molecule has 0 bridgehead atoms. The lowest BCUT2D eigenvalue weighted by atomic mass is 10.0.